The average molecular weight is 346 g/mol. The van der Waals surface area contributed by atoms with Gasteiger partial charge in [-0.15, -0.1) is 0 Å². The van der Waals surface area contributed by atoms with E-state index in [1.54, 1.807) is 18.5 Å². The van der Waals surface area contributed by atoms with Crippen molar-refractivity contribution in [1.82, 2.24) is 19.8 Å². The van der Waals surface area contributed by atoms with Crippen LogP contribution in [0.2, 0.25) is 5.02 Å². The molecule has 1 aliphatic heterocycles. The molecule has 1 saturated heterocycles. The Morgan fingerprint density at radius 3 is 2.58 bits per heavy atom. The number of carbonyl (C=O) groups is 1. The number of aryl methyl sites for hydroxylation is 1. The predicted molar refractivity (Wildman–Crippen MR) is 94.1 cm³/mol. The first-order valence-electron chi connectivity index (χ1n) is 7.92. The third kappa shape index (κ3) is 4.21. The first-order valence-corrected chi connectivity index (χ1v) is 8.30. The second-order valence-electron chi connectivity index (χ2n) is 5.82. The number of aromatic nitrogens is 2. The van der Waals surface area contributed by atoms with Gasteiger partial charge in [0, 0.05) is 49.3 Å². The molecule has 0 aliphatic carbocycles. The lowest BCUT2D eigenvalue weighted by atomic mass is 10.2. The fourth-order valence-corrected chi connectivity index (χ4v) is 2.77. The van der Waals surface area contributed by atoms with Crippen LogP contribution < -0.4 is 5.32 Å². The van der Waals surface area contributed by atoms with Crippen LogP contribution in [0.4, 0.5) is 10.5 Å². The van der Waals surface area contributed by atoms with Crippen LogP contribution in [-0.4, -0.2) is 52.0 Å². The van der Waals surface area contributed by atoms with Gasteiger partial charge >= 0.3 is 6.03 Å². The molecule has 126 valence electrons. The topological polar surface area (TPSA) is 61.4 Å². The Hall–Kier alpha value is -2.18. The molecule has 1 N–H and O–H groups in total. The molecule has 1 aromatic heterocycles. The molecular formula is C17H20ClN5O. The zero-order valence-electron chi connectivity index (χ0n) is 13.6. The van der Waals surface area contributed by atoms with Gasteiger partial charge in [0.15, 0.2) is 0 Å². The number of carbonyl (C=O) groups excluding carboxylic acids is 1. The van der Waals surface area contributed by atoms with Crippen LogP contribution >= 0.6 is 11.6 Å². The van der Waals surface area contributed by atoms with Crippen LogP contribution in [0.1, 0.15) is 11.4 Å². The molecule has 3 rings (SSSR count). The van der Waals surface area contributed by atoms with E-state index >= 15 is 0 Å². The molecular weight excluding hydrogens is 326 g/mol. The maximum absolute atomic E-state index is 12.4. The normalized spacial score (nSPS) is 15.3. The second-order valence-corrected chi connectivity index (χ2v) is 6.23. The summed E-state index contributed by atoms with van der Waals surface area (Å²) in [6, 6.07) is 7.25. The molecule has 2 aromatic rings. The van der Waals surface area contributed by atoms with Gasteiger partial charge < -0.3 is 10.2 Å². The standard InChI is InChI=1S/C17H20ClN5O/c1-13-3-4-14(11-15(13)18)21-17(24)23-9-7-22(8-10-23)12-16-19-5-2-6-20-16/h2-6,11H,7-10,12H2,1H3,(H,21,24). The van der Waals surface area contributed by atoms with Crippen molar-refractivity contribution in [2.75, 3.05) is 31.5 Å². The van der Waals surface area contributed by atoms with Gasteiger partial charge in [0.05, 0.1) is 6.54 Å². The van der Waals surface area contributed by atoms with Gasteiger partial charge in [0.25, 0.3) is 0 Å². The maximum Gasteiger partial charge on any atom is 0.321 e. The fraction of sp³-hybridized carbons (Fsp3) is 0.353. The fourth-order valence-electron chi connectivity index (χ4n) is 2.59. The predicted octanol–water partition coefficient (Wildman–Crippen LogP) is 2.79. The number of rotatable bonds is 3. The molecule has 6 nitrogen and oxygen atoms in total. The summed E-state index contributed by atoms with van der Waals surface area (Å²) in [7, 11) is 0. The average Bonchev–Trinajstić information content (AvgIpc) is 2.60. The molecule has 1 aliphatic rings. The number of nitrogens with one attached hydrogen (secondary N) is 1. The lowest BCUT2D eigenvalue weighted by Crippen LogP contribution is -2.49. The summed E-state index contributed by atoms with van der Waals surface area (Å²) in [5.74, 6) is 0.810. The number of amides is 2. The summed E-state index contributed by atoms with van der Waals surface area (Å²) < 4.78 is 0. The van der Waals surface area contributed by atoms with Crippen LogP contribution in [0.25, 0.3) is 0 Å². The highest BCUT2D eigenvalue weighted by molar-refractivity contribution is 6.31. The molecule has 0 spiro atoms. The van der Waals surface area contributed by atoms with Gasteiger partial charge in [-0.3, -0.25) is 4.90 Å². The van der Waals surface area contributed by atoms with Crippen LogP contribution in [-0.2, 0) is 6.54 Å². The summed E-state index contributed by atoms with van der Waals surface area (Å²) in [6.45, 7) is 5.62. The first kappa shape index (κ1) is 16.7. The van der Waals surface area contributed by atoms with Gasteiger partial charge in [-0.1, -0.05) is 17.7 Å². The lowest BCUT2D eigenvalue weighted by molar-refractivity contribution is 0.141. The molecule has 24 heavy (non-hydrogen) atoms. The highest BCUT2D eigenvalue weighted by atomic mass is 35.5. The Balaban J connectivity index is 1.50. The minimum absolute atomic E-state index is 0.0921. The SMILES string of the molecule is Cc1ccc(NC(=O)N2CCN(Cc3ncccn3)CC2)cc1Cl. The highest BCUT2D eigenvalue weighted by Gasteiger charge is 2.21. The van der Waals surface area contributed by atoms with Crippen molar-refractivity contribution >= 4 is 23.3 Å². The summed E-state index contributed by atoms with van der Waals surface area (Å²) in [4.78, 5) is 24.9. The van der Waals surface area contributed by atoms with Crippen LogP contribution in [0, 0.1) is 6.92 Å². The molecule has 0 saturated carbocycles. The number of hydrogen-bond acceptors (Lipinski definition) is 4. The van der Waals surface area contributed by atoms with E-state index in [0.717, 1.165) is 30.2 Å². The number of halogens is 1. The highest BCUT2D eigenvalue weighted by Crippen LogP contribution is 2.20. The molecule has 1 aromatic carbocycles. The molecule has 0 bridgehead atoms. The van der Waals surface area contributed by atoms with Gasteiger partial charge in [-0.2, -0.15) is 0 Å². The molecule has 2 amide bonds. The third-order valence-electron chi connectivity index (χ3n) is 4.07. The number of nitrogens with zero attached hydrogens (tertiary/aromatic N) is 4. The zero-order valence-corrected chi connectivity index (χ0v) is 14.3. The van der Waals surface area contributed by atoms with Crippen LogP contribution in [0.3, 0.4) is 0 Å². The van der Waals surface area contributed by atoms with E-state index < -0.39 is 0 Å². The monoisotopic (exact) mass is 345 g/mol. The van der Waals surface area contributed by atoms with E-state index in [0.29, 0.717) is 24.7 Å². The number of benzene rings is 1. The molecule has 0 radical (unpaired) electrons. The minimum atomic E-state index is -0.0921. The van der Waals surface area contributed by atoms with Gasteiger partial charge in [-0.05, 0) is 30.7 Å². The van der Waals surface area contributed by atoms with Crippen molar-refractivity contribution in [2.24, 2.45) is 0 Å². The molecule has 7 heteroatoms. The smallest absolute Gasteiger partial charge is 0.321 e. The van der Waals surface area contributed by atoms with E-state index in [1.165, 1.54) is 0 Å². The van der Waals surface area contributed by atoms with Gasteiger partial charge in [-0.25, -0.2) is 14.8 Å². The Kier molecular flexibility index (Phi) is 5.27. The number of hydrogen-bond donors (Lipinski definition) is 1. The Labute approximate surface area is 146 Å². The minimum Gasteiger partial charge on any atom is -0.322 e. The van der Waals surface area contributed by atoms with E-state index in [9.17, 15) is 4.79 Å². The molecule has 1 fully saturated rings. The van der Waals surface area contributed by atoms with Crippen molar-refractivity contribution in [2.45, 2.75) is 13.5 Å². The van der Waals surface area contributed by atoms with Crippen LogP contribution in [0.5, 0.6) is 0 Å². The maximum atomic E-state index is 12.4. The largest absolute Gasteiger partial charge is 0.322 e. The third-order valence-corrected chi connectivity index (χ3v) is 4.47. The molecule has 2 heterocycles. The number of piperazine rings is 1. The second kappa shape index (κ2) is 7.59. The van der Waals surface area contributed by atoms with E-state index in [-0.39, 0.29) is 6.03 Å². The van der Waals surface area contributed by atoms with Crippen molar-refractivity contribution in [1.29, 1.82) is 0 Å². The number of anilines is 1. The Morgan fingerprint density at radius 2 is 1.92 bits per heavy atom. The van der Waals surface area contributed by atoms with E-state index in [2.05, 4.69) is 20.2 Å². The van der Waals surface area contributed by atoms with E-state index in [1.807, 2.05) is 30.0 Å². The summed E-state index contributed by atoms with van der Waals surface area (Å²) in [5.41, 5.74) is 1.71. The Morgan fingerprint density at radius 1 is 1.21 bits per heavy atom. The van der Waals surface area contributed by atoms with Crippen molar-refractivity contribution < 1.29 is 4.79 Å². The molecule has 0 atom stereocenters. The van der Waals surface area contributed by atoms with Crippen molar-refractivity contribution in [3.63, 3.8) is 0 Å². The van der Waals surface area contributed by atoms with Gasteiger partial charge in [0.1, 0.15) is 5.82 Å². The lowest BCUT2D eigenvalue weighted by Gasteiger charge is -2.34. The quantitative estimate of drug-likeness (QED) is 0.929. The zero-order chi connectivity index (χ0) is 16.9. The Bertz CT molecular complexity index is 701. The number of urea groups is 1. The van der Waals surface area contributed by atoms with Crippen molar-refractivity contribution in [3.8, 4) is 0 Å². The first-order chi connectivity index (χ1) is 11.6. The molecule has 0 unspecified atom stereocenters. The summed E-state index contributed by atoms with van der Waals surface area (Å²) in [6.07, 6.45) is 3.50. The van der Waals surface area contributed by atoms with Crippen LogP contribution in [0.15, 0.2) is 36.7 Å². The summed E-state index contributed by atoms with van der Waals surface area (Å²) >= 11 is 6.10. The van der Waals surface area contributed by atoms with Gasteiger partial charge in [0.2, 0.25) is 0 Å². The van der Waals surface area contributed by atoms with Crippen molar-refractivity contribution in [3.05, 3.63) is 53.1 Å². The van der Waals surface area contributed by atoms with E-state index in [4.69, 9.17) is 11.6 Å². The summed E-state index contributed by atoms with van der Waals surface area (Å²) in [5, 5.41) is 3.56.